The Morgan fingerprint density at radius 3 is 2.19 bits per heavy atom. The summed E-state index contributed by atoms with van der Waals surface area (Å²) in [6.07, 6.45) is 1.50. The number of hydrogen-bond donors (Lipinski definition) is 0. The average molecular weight is 388 g/mol. The monoisotopic (exact) mass is 388 g/mol. The second-order valence-electron chi connectivity index (χ2n) is 6.47. The summed E-state index contributed by atoms with van der Waals surface area (Å²) in [5.74, 6) is 0.477. The highest BCUT2D eigenvalue weighted by Crippen LogP contribution is 2.19. The molecule has 1 fully saturated rings. The first-order valence-electron chi connectivity index (χ1n) is 9.11. The molecule has 27 heavy (non-hydrogen) atoms. The molecule has 3 rings (SSSR count). The number of piperazine rings is 1. The predicted octanol–water partition coefficient (Wildman–Crippen LogP) is 3.14. The van der Waals surface area contributed by atoms with Crippen molar-refractivity contribution in [3.05, 3.63) is 60.2 Å². The van der Waals surface area contributed by atoms with Crippen molar-refractivity contribution in [3.8, 4) is 5.75 Å². The summed E-state index contributed by atoms with van der Waals surface area (Å²) in [6, 6.07) is 15.9. The third kappa shape index (κ3) is 4.67. The van der Waals surface area contributed by atoms with Gasteiger partial charge in [0.05, 0.1) is 4.90 Å². The molecule has 2 aromatic carbocycles. The number of amides is 1. The minimum atomic E-state index is -3.55. The molecule has 144 valence electrons. The Hall–Kier alpha value is -2.38. The van der Waals surface area contributed by atoms with Gasteiger partial charge in [0, 0.05) is 26.2 Å². The fourth-order valence-electron chi connectivity index (χ4n) is 3.03. The van der Waals surface area contributed by atoms with Gasteiger partial charge in [0.1, 0.15) is 5.75 Å². The molecule has 0 spiro atoms. The molecule has 7 heteroatoms. The van der Waals surface area contributed by atoms with E-state index in [4.69, 9.17) is 4.74 Å². The number of carbonyl (C=O) groups excluding carboxylic acids is 1. The van der Waals surface area contributed by atoms with Gasteiger partial charge in [-0.1, -0.05) is 43.7 Å². The van der Waals surface area contributed by atoms with Gasteiger partial charge in [0.25, 0.3) is 0 Å². The molecule has 0 atom stereocenters. The van der Waals surface area contributed by atoms with Crippen LogP contribution in [0.1, 0.15) is 18.9 Å². The minimum absolute atomic E-state index is 0.253. The summed E-state index contributed by atoms with van der Waals surface area (Å²) < 4.78 is 32.4. The highest BCUT2D eigenvalue weighted by molar-refractivity contribution is 7.89. The molecule has 1 amide bonds. The van der Waals surface area contributed by atoms with Gasteiger partial charge in [0.15, 0.2) is 0 Å². The van der Waals surface area contributed by atoms with Crippen molar-refractivity contribution >= 4 is 16.1 Å². The van der Waals surface area contributed by atoms with Gasteiger partial charge >= 0.3 is 6.09 Å². The van der Waals surface area contributed by atoms with E-state index < -0.39 is 16.1 Å². The Balaban J connectivity index is 1.60. The fraction of sp³-hybridized carbons (Fsp3) is 0.350. The van der Waals surface area contributed by atoms with Crippen LogP contribution in [0.25, 0.3) is 0 Å². The zero-order valence-electron chi connectivity index (χ0n) is 15.4. The van der Waals surface area contributed by atoms with Crippen LogP contribution >= 0.6 is 0 Å². The number of carbonyl (C=O) groups is 1. The highest BCUT2D eigenvalue weighted by Gasteiger charge is 2.30. The maximum Gasteiger partial charge on any atom is 0.415 e. The highest BCUT2D eigenvalue weighted by atomic mass is 32.2. The molecular weight excluding hydrogens is 364 g/mol. The number of ether oxygens (including phenoxy) is 1. The van der Waals surface area contributed by atoms with Gasteiger partial charge in [-0.15, -0.1) is 0 Å². The van der Waals surface area contributed by atoms with E-state index in [9.17, 15) is 13.2 Å². The number of sulfonamides is 1. The predicted molar refractivity (Wildman–Crippen MR) is 103 cm³/mol. The molecule has 0 aliphatic carbocycles. The first-order chi connectivity index (χ1) is 13.0. The Morgan fingerprint density at radius 1 is 0.963 bits per heavy atom. The van der Waals surface area contributed by atoms with Crippen LogP contribution in [0.2, 0.25) is 0 Å². The van der Waals surface area contributed by atoms with Gasteiger partial charge in [-0.3, -0.25) is 0 Å². The van der Waals surface area contributed by atoms with Crippen LogP contribution in [-0.4, -0.2) is 49.9 Å². The first kappa shape index (κ1) is 19.4. The number of rotatable bonds is 5. The van der Waals surface area contributed by atoms with E-state index in [1.807, 2.05) is 18.2 Å². The van der Waals surface area contributed by atoms with Crippen LogP contribution in [0.3, 0.4) is 0 Å². The van der Waals surface area contributed by atoms with Crippen LogP contribution < -0.4 is 4.74 Å². The van der Waals surface area contributed by atoms with Crippen LogP contribution in [0, 0.1) is 0 Å². The molecule has 1 heterocycles. The SMILES string of the molecule is CCCc1ccc(S(=O)(=O)N2CCN(C(=O)Oc3ccccc3)CC2)cc1. The molecule has 0 radical (unpaired) electrons. The van der Waals surface area contributed by atoms with E-state index in [1.165, 1.54) is 9.21 Å². The van der Waals surface area contributed by atoms with Gasteiger partial charge < -0.3 is 9.64 Å². The number of benzene rings is 2. The normalized spacial score (nSPS) is 15.5. The first-order valence-corrected chi connectivity index (χ1v) is 10.6. The summed E-state index contributed by atoms with van der Waals surface area (Å²) in [7, 11) is -3.55. The number of hydrogen-bond acceptors (Lipinski definition) is 4. The maximum atomic E-state index is 12.8. The lowest BCUT2D eigenvalue weighted by Crippen LogP contribution is -2.51. The molecule has 0 bridgehead atoms. The van der Waals surface area contributed by atoms with Gasteiger partial charge in [0.2, 0.25) is 10.0 Å². The number of nitrogens with zero attached hydrogens (tertiary/aromatic N) is 2. The molecule has 0 unspecified atom stereocenters. The van der Waals surface area contributed by atoms with E-state index in [-0.39, 0.29) is 13.1 Å². The smallest absolute Gasteiger partial charge is 0.410 e. The van der Waals surface area contributed by atoms with Gasteiger partial charge in [-0.25, -0.2) is 13.2 Å². The molecule has 0 aromatic heterocycles. The summed E-state index contributed by atoms with van der Waals surface area (Å²) in [5.41, 5.74) is 1.13. The van der Waals surface area contributed by atoms with Crippen LogP contribution in [0.5, 0.6) is 5.75 Å². The molecule has 6 nitrogen and oxygen atoms in total. The largest absolute Gasteiger partial charge is 0.415 e. The van der Waals surface area contributed by atoms with Crippen LogP contribution in [0.15, 0.2) is 59.5 Å². The van der Waals surface area contributed by atoms with Crippen molar-refractivity contribution in [2.75, 3.05) is 26.2 Å². The van der Waals surface area contributed by atoms with Crippen LogP contribution in [0.4, 0.5) is 4.79 Å². The molecular formula is C20H24N2O4S. The van der Waals surface area contributed by atoms with E-state index in [0.29, 0.717) is 23.7 Å². The Bertz CT molecular complexity index is 859. The fourth-order valence-corrected chi connectivity index (χ4v) is 4.45. The van der Waals surface area contributed by atoms with Crippen molar-refractivity contribution in [3.63, 3.8) is 0 Å². The van der Waals surface area contributed by atoms with Crippen molar-refractivity contribution < 1.29 is 17.9 Å². The maximum absolute atomic E-state index is 12.8. The topological polar surface area (TPSA) is 66.9 Å². The lowest BCUT2D eigenvalue weighted by molar-refractivity contribution is 0.132. The minimum Gasteiger partial charge on any atom is -0.410 e. The quantitative estimate of drug-likeness (QED) is 0.789. The lowest BCUT2D eigenvalue weighted by atomic mass is 10.1. The summed E-state index contributed by atoms with van der Waals surface area (Å²) in [6.45, 7) is 3.20. The zero-order chi connectivity index (χ0) is 19.3. The Labute approximate surface area is 160 Å². The Kier molecular flexibility index (Phi) is 6.13. The molecule has 1 aliphatic rings. The van der Waals surface area contributed by atoms with E-state index in [1.54, 1.807) is 36.4 Å². The zero-order valence-corrected chi connectivity index (χ0v) is 16.2. The van der Waals surface area contributed by atoms with Crippen molar-refractivity contribution in [2.45, 2.75) is 24.7 Å². The van der Waals surface area contributed by atoms with Crippen molar-refractivity contribution in [2.24, 2.45) is 0 Å². The standard InChI is InChI=1S/C20H24N2O4S/c1-2-6-17-9-11-19(12-10-17)27(24,25)22-15-13-21(14-16-22)20(23)26-18-7-4-3-5-8-18/h3-5,7-12H,2,6,13-16H2,1H3. The molecule has 1 aliphatic heterocycles. The van der Waals surface area contributed by atoms with Gasteiger partial charge in [-0.2, -0.15) is 4.31 Å². The second kappa shape index (κ2) is 8.54. The van der Waals surface area contributed by atoms with E-state index >= 15 is 0 Å². The van der Waals surface area contributed by atoms with E-state index in [2.05, 4.69) is 6.92 Å². The summed E-state index contributed by atoms with van der Waals surface area (Å²) in [4.78, 5) is 14.1. The second-order valence-corrected chi connectivity index (χ2v) is 8.40. The van der Waals surface area contributed by atoms with Crippen LogP contribution in [-0.2, 0) is 16.4 Å². The summed E-state index contributed by atoms with van der Waals surface area (Å²) in [5, 5.41) is 0. The average Bonchev–Trinajstić information content (AvgIpc) is 2.69. The third-order valence-electron chi connectivity index (χ3n) is 4.55. The number of aryl methyl sites for hydroxylation is 1. The van der Waals surface area contributed by atoms with Crippen molar-refractivity contribution in [1.82, 2.24) is 9.21 Å². The molecule has 1 saturated heterocycles. The lowest BCUT2D eigenvalue weighted by Gasteiger charge is -2.33. The van der Waals surface area contributed by atoms with Crippen molar-refractivity contribution in [1.29, 1.82) is 0 Å². The van der Waals surface area contributed by atoms with Gasteiger partial charge in [-0.05, 0) is 36.2 Å². The number of para-hydroxylation sites is 1. The molecule has 0 saturated carbocycles. The summed E-state index contributed by atoms with van der Waals surface area (Å²) >= 11 is 0. The molecule has 0 N–H and O–H groups in total. The van der Waals surface area contributed by atoms with E-state index in [0.717, 1.165) is 18.4 Å². The third-order valence-corrected chi connectivity index (χ3v) is 6.46. The molecule has 2 aromatic rings. The Morgan fingerprint density at radius 2 is 1.59 bits per heavy atom.